The molecule has 0 spiro atoms. The number of sulfonamides is 1. The summed E-state index contributed by atoms with van der Waals surface area (Å²) in [7, 11) is -3.23. The third-order valence-electron chi connectivity index (χ3n) is 1.52. The van der Waals surface area contributed by atoms with Gasteiger partial charge in [0, 0.05) is 6.54 Å². The molecule has 0 aliphatic heterocycles. The summed E-state index contributed by atoms with van der Waals surface area (Å²) in [6.45, 7) is 0.110. The van der Waals surface area contributed by atoms with Crippen LogP contribution in [0, 0.1) is 5.82 Å². The number of nitrogens with one attached hydrogen (secondary N) is 1. The van der Waals surface area contributed by atoms with Crippen molar-refractivity contribution in [2.75, 3.05) is 6.26 Å². The summed E-state index contributed by atoms with van der Waals surface area (Å²) in [6, 6.07) is 4.05. The van der Waals surface area contributed by atoms with E-state index in [0.29, 0.717) is 5.56 Å². The summed E-state index contributed by atoms with van der Waals surface area (Å²) in [6.07, 6.45) is 1.05. The summed E-state index contributed by atoms with van der Waals surface area (Å²) >= 11 is 5.51. The molecule has 0 amide bonds. The van der Waals surface area contributed by atoms with E-state index in [9.17, 15) is 12.8 Å². The van der Waals surface area contributed by atoms with Gasteiger partial charge in [-0.2, -0.15) is 0 Å². The zero-order valence-corrected chi connectivity index (χ0v) is 8.99. The number of halogens is 2. The molecule has 1 aromatic rings. The van der Waals surface area contributed by atoms with Crippen LogP contribution in [0.1, 0.15) is 5.56 Å². The molecule has 0 fully saturated rings. The molecule has 0 aromatic heterocycles. The van der Waals surface area contributed by atoms with E-state index in [1.807, 2.05) is 0 Å². The lowest BCUT2D eigenvalue weighted by Crippen LogP contribution is -2.21. The molecule has 3 nitrogen and oxygen atoms in total. The smallest absolute Gasteiger partial charge is 0.209 e. The molecule has 0 unspecified atom stereocenters. The lowest BCUT2D eigenvalue weighted by Gasteiger charge is -2.03. The maximum absolute atomic E-state index is 12.7. The number of benzene rings is 1. The summed E-state index contributed by atoms with van der Waals surface area (Å²) in [5.74, 6) is -0.519. The fourth-order valence-corrected chi connectivity index (χ4v) is 1.50. The number of hydrogen-bond donors (Lipinski definition) is 1. The molecule has 0 saturated carbocycles. The SMILES string of the molecule is CS(=O)(=O)NCc1ccc(F)c(Cl)c1. The molecule has 0 radical (unpaired) electrons. The lowest BCUT2D eigenvalue weighted by atomic mass is 10.2. The molecule has 0 bridgehead atoms. The normalized spacial score (nSPS) is 11.6. The minimum atomic E-state index is -3.23. The van der Waals surface area contributed by atoms with E-state index in [4.69, 9.17) is 11.6 Å². The van der Waals surface area contributed by atoms with Gasteiger partial charge in [-0.25, -0.2) is 17.5 Å². The molecule has 78 valence electrons. The highest BCUT2D eigenvalue weighted by molar-refractivity contribution is 7.88. The fourth-order valence-electron chi connectivity index (χ4n) is 0.864. The Morgan fingerprint density at radius 3 is 2.64 bits per heavy atom. The van der Waals surface area contributed by atoms with E-state index in [0.717, 1.165) is 6.26 Å². The van der Waals surface area contributed by atoms with Crippen molar-refractivity contribution in [1.82, 2.24) is 4.72 Å². The van der Waals surface area contributed by atoms with Crippen LogP contribution < -0.4 is 4.72 Å². The molecule has 0 atom stereocenters. The third-order valence-corrected chi connectivity index (χ3v) is 2.48. The molecular weight excluding hydrogens is 229 g/mol. The van der Waals surface area contributed by atoms with Gasteiger partial charge >= 0.3 is 0 Å². The highest BCUT2D eigenvalue weighted by Gasteiger charge is 2.03. The quantitative estimate of drug-likeness (QED) is 0.867. The predicted molar refractivity (Wildman–Crippen MR) is 53.1 cm³/mol. The standard InChI is InChI=1S/C8H9ClFNO2S/c1-14(12,13)11-5-6-2-3-8(10)7(9)4-6/h2-4,11H,5H2,1H3. The fraction of sp³-hybridized carbons (Fsp3) is 0.250. The van der Waals surface area contributed by atoms with Gasteiger partial charge in [-0.1, -0.05) is 17.7 Å². The van der Waals surface area contributed by atoms with Crippen molar-refractivity contribution < 1.29 is 12.8 Å². The average Bonchev–Trinajstić information content (AvgIpc) is 2.06. The van der Waals surface area contributed by atoms with E-state index in [-0.39, 0.29) is 11.6 Å². The maximum Gasteiger partial charge on any atom is 0.209 e. The van der Waals surface area contributed by atoms with Gasteiger partial charge in [0.05, 0.1) is 11.3 Å². The van der Waals surface area contributed by atoms with Crippen molar-refractivity contribution in [2.24, 2.45) is 0 Å². The number of rotatable bonds is 3. The molecule has 1 rings (SSSR count). The maximum atomic E-state index is 12.7. The Morgan fingerprint density at radius 2 is 2.14 bits per heavy atom. The minimum Gasteiger partial charge on any atom is -0.213 e. The van der Waals surface area contributed by atoms with Crippen LogP contribution in [0.25, 0.3) is 0 Å². The van der Waals surface area contributed by atoms with Crippen molar-refractivity contribution in [3.63, 3.8) is 0 Å². The monoisotopic (exact) mass is 237 g/mol. The summed E-state index contributed by atoms with van der Waals surface area (Å²) in [5, 5.41) is -0.0159. The highest BCUT2D eigenvalue weighted by Crippen LogP contribution is 2.15. The lowest BCUT2D eigenvalue weighted by molar-refractivity contribution is 0.587. The average molecular weight is 238 g/mol. The van der Waals surface area contributed by atoms with Crippen LogP contribution in [-0.2, 0) is 16.6 Å². The van der Waals surface area contributed by atoms with Gasteiger partial charge in [0.2, 0.25) is 10.0 Å². The van der Waals surface area contributed by atoms with Crippen molar-refractivity contribution in [3.8, 4) is 0 Å². The molecule has 1 aromatic carbocycles. The molecule has 0 saturated heterocycles. The van der Waals surface area contributed by atoms with Crippen LogP contribution in [-0.4, -0.2) is 14.7 Å². The highest BCUT2D eigenvalue weighted by atomic mass is 35.5. The number of hydrogen-bond acceptors (Lipinski definition) is 2. The van der Waals surface area contributed by atoms with Gasteiger partial charge in [-0.05, 0) is 17.7 Å². The Hall–Kier alpha value is -0.650. The molecular formula is C8H9ClFNO2S. The van der Waals surface area contributed by atoms with Crippen molar-refractivity contribution >= 4 is 21.6 Å². The largest absolute Gasteiger partial charge is 0.213 e. The summed E-state index contributed by atoms with van der Waals surface area (Å²) < 4.78 is 36.5. The van der Waals surface area contributed by atoms with Crippen LogP contribution in [0.2, 0.25) is 5.02 Å². The summed E-state index contributed by atoms with van der Waals surface area (Å²) in [5.41, 5.74) is 0.613. The van der Waals surface area contributed by atoms with Crippen LogP contribution >= 0.6 is 11.6 Å². The Morgan fingerprint density at radius 1 is 1.50 bits per heavy atom. The van der Waals surface area contributed by atoms with E-state index >= 15 is 0 Å². The van der Waals surface area contributed by atoms with Crippen molar-refractivity contribution in [2.45, 2.75) is 6.54 Å². The van der Waals surface area contributed by atoms with Gasteiger partial charge in [-0.3, -0.25) is 0 Å². The van der Waals surface area contributed by atoms with E-state index in [2.05, 4.69) is 4.72 Å². The van der Waals surface area contributed by atoms with Gasteiger partial charge < -0.3 is 0 Å². The predicted octanol–water partition coefficient (Wildman–Crippen LogP) is 1.53. The third kappa shape index (κ3) is 3.61. The Kier molecular flexibility index (Phi) is 3.47. The first-order valence-corrected chi connectivity index (χ1v) is 6.04. The van der Waals surface area contributed by atoms with Crippen molar-refractivity contribution in [3.05, 3.63) is 34.6 Å². The van der Waals surface area contributed by atoms with Gasteiger partial charge in [-0.15, -0.1) is 0 Å². The molecule has 0 heterocycles. The Balaban J connectivity index is 2.74. The van der Waals surface area contributed by atoms with Crippen LogP contribution in [0.3, 0.4) is 0 Å². The second kappa shape index (κ2) is 4.25. The first kappa shape index (κ1) is 11.4. The second-order valence-electron chi connectivity index (χ2n) is 2.84. The van der Waals surface area contributed by atoms with Gasteiger partial charge in [0.15, 0.2) is 0 Å². The second-order valence-corrected chi connectivity index (χ2v) is 5.08. The molecule has 0 aliphatic rings. The van der Waals surface area contributed by atoms with Crippen LogP contribution in [0.15, 0.2) is 18.2 Å². The van der Waals surface area contributed by atoms with Crippen molar-refractivity contribution in [1.29, 1.82) is 0 Å². The molecule has 6 heteroatoms. The first-order chi connectivity index (χ1) is 6.38. The molecule has 1 N–H and O–H groups in total. The van der Waals surface area contributed by atoms with Gasteiger partial charge in [0.1, 0.15) is 5.82 Å². The minimum absolute atomic E-state index is 0.0159. The van der Waals surface area contributed by atoms with Crippen LogP contribution in [0.5, 0.6) is 0 Å². The zero-order chi connectivity index (χ0) is 10.8. The zero-order valence-electron chi connectivity index (χ0n) is 7.42. The Labute approximate surface area is 86.9 Å². The van der Waals surface area contributed by atoms with Gasteiger partial charge in [0.25, 0.3) is 0 Å². The Bertz CT molecular complexity index is 433. The summed E-state index contributed by atoms with van der Waals surface area (Å²) in [4.78, 5) is 0. The van der Waals surface area contributed by atoms with E-state index < -0.39 is 15.8 Å². The van der Waals surface area contributed by atoms with Crippen LogP contribution in [0.4, 0.5) is 4.39 Å². The van der Waals surface area contributed by atoms with E-state index in [1.165, 1.54) is 18.2 Å². The first-order valence-electron chi connectivity index (χ1n) is 3.77. The van der Waals surface area contributed by atoms with E-state index in [1.54, 1.807) is 0 Å². The topological polar surface area (TPSA) is 46.2 Å². The molecule has 0 aliphatic carbocycles. The molecule has 14 heavy (non-hydrogen) atoms.